The van der Waals surface area contributed by atoms with Gasteiger partial charge in [-0.3, -0.25) is 9.36 Å². The van der Waals surface area contributed by atoms with E-state index < -0.39 is 47.2 Å². The van der Waals surface area contributed by atoms with Gasteiger partial charge in [0.05, 0.1) is 18.4 Å². The van der Waals surface area contributed by atoms with Gasteiger partial charge in [-0.2, -0.15) is 18.4 Å². The molecule has 3 rings (SSSR count). The number of halogens is 4. The van der Waals surface area contributed by atoms with E-state index in [0.29, 0.717) is 6.07 Å². The van der Waals surface area contributed by atoms with Gasteiger partial charge in [-0.1, -0.05) is 12.1 Å². The zero-order chi connectivity index (χ0) is 25.9. The molecule has 1 heterocycles. The van der Waals surface area contributed by atoms with E-state index in [9.17, 15) is 37.2 Å². The van der Waals surface area contributed by atoms with Crippen molar-refractivity contribution in [2.24, 2.45) is 7.05 Å². The molecule has 0 fully saturated rings. The van der Waals surface area contributed by atoms with Crippen LogP contribution in [-0.4, -0.2) is 28.8 Å². The molecule has 0 aliphatic rings. The van der Waals surface area contributed by atoms with Crippen LogP contribution >= 0.6 is 0 Å². The zero-order valence-electron chi connectivity index (χ0n) is 18.1. The summed E-state index contributed by atoms with van der Waals surface area (Å²) in [7, 11) is 1.93. The number of ether oxygens (including phenoxy) is 3. The van der Waals surface area contributed by atoms with E-state index >= 15 is 0 Å². The summed E-state index contributed by atoms with van der Waals surface area (Å²) < 4.78 is 69.9. The van der Waals surface area contributed by atoms with E-state index in [1.54, 1.807) is 12.1 Å². The van der Waals surface area contributed by atoms with Crippen molar-refractivity contribution in [2.45, 2.75) is 6.18 Å². The zero-order valence-corrected chi connectivity index (χ0v) is 18.1. The third-order valence-electron chi connectivity index (χ3n) is 4.66. The Kier molecular flexibility index (Phi) is 6.95. The number of benzene rings is 2. The number of carbonyl (C=O) groups excluding carboxylic acids is 1. The van der Waals surface area contributed by atoms with Crippen LogP contribution in [-0.2, 0) is 22.8 Å². The smallest absolute Gasteiger partial charge is 0.431 e. The highest BCUT2D eigenvalue weighted by Crippen LogP contribution is 2.34. The molecule has 0 radical (unpaired) electrons. The van der Waals surface area contributed by atoms with Crippen LogP contribution in [0.25, 0.3) is 5.69 Å². The number of aromatic nitrogens is 2. The fraction of sp³-hybridized carbons (Fsp3) is 0.182. The summed E-state index contributed by atoms with van der Waals surface area (Å²) >= 11 is 0. The van der Waals surface area contributed by atoms with Crippen LogP contribution in [0.1, 0.15) is 11.3 Å². The van der Waals surface area contributed by atoms with E-state index in [1.807, 2.05) is 0 Å². The average molecular weight is 493 g/mol. The number of para-hydroxylation sites is 2. The molecule has 0 spiro atoms. The van der Waals surface area contributed by atoms with Crippen LogP contribution in [0.5, 0.6) is 17.2 Å². The van der Waals surface area contributed by atoms with Crippen molar-refractivity contribution in [3.05, 3.63) is 80.4 Å². The first-order valence-corrected chi connectivity index (χ1v) is 9.58. The van der Waals surface area contributed by atoms with Gasteiger partial charge < -0.3 is 14.2 Å². The van der Waals surface area contributed by atoms with Gasteiger partial charge in [-0.15, -0.1) is 0 Å². The minimum absolute atomic E-state index is 0.0295. The molecule has 0 saturated heterocycles. The molecule has 0 N–H and O–H groups in total. The summed E-state index contributed by atoms with van der Waals surface area (Å²) in [6.07, 6.45) is -5.00. The maximum atomic E-state index is 14.8. The van der Waals surface area contributed by atoms with Gasteiger partial charge in [-0.05, 0) is 18.2 Å². The largest absolute Gasteiger partial charge is 0.478 e. The third-order valence-corrected chi connectivity index (χ3v) is 4.66. The van der Waals surface area contributed by atoms with Gasteiger partial charge in [0, 0.05) is 19.2 Å². The number of carbonyl (C=O) groups is 1. The van der Waals surface area contributed by atoms with E-state index in [0.717, 1.165) is 20.2 Å². The maximum Gasteiger partial charge on any atom is 0.431 e. The molecule has 0 unspecified atom stereocenters. The van der Waals surface area contributed by atoms with Gasteiger partial charge in [-0.25, -0.2) is 18.5 Å². The SMILES string of the molecule is COC(=O)COc1ccccc1Oc1cc(-n2c(=O)cc(C(F)(F)F)n(C)c2=O)c(F)cc1C#N. The van der Waals surface area contributed by atoms with Crippen molar-refractivity contribution in [1.82, 2.24) is 9.13 Å². The van der Waals surface area contributed by atoms with E-state index in [1.165, 1.54) is 18.2 Å². The molecule has 182 valence electrons. The Morgan fingerprint density at radius 2 is 1.74 bits per heavy atom. The fourth-order valence-electron chi connectivity index (χ4n) is 2.97. The Labute approximate surface area is 193 Å². The number of esters is 1. The summed E-state index contributed by atoms with van der Waals surface area (Å²) in [6, 6.07) is 9.19. The van der Waals surface area contributed by atoms with Crippen molar-refractivity contribution in [3.8, 4) is 29.0 Å². The minimum atomic E-state index is -5.00. The first-order valence-electron chi connectivity index (χ1n) is 9.58. The summed E-state index contributed by atoms with van der Waals surface area (Å²) in [5, 5.41) is 9.39. The van der Waals surface area contributed by atoms with E-state index in [-0.39, 0.29) is 38.0 Å². The van der Waals surface area contributed by atoms with Crippen molar-refractivity contribution in [3.63, 3.8) is 0 Å². The molecule has 2 aromatic carbocycles. The van der Waals surface area contributed by atoms with Crippen molar-refractivity contribution in [1.29, 1.82) is 5.26 Å². The second kappa shape index (κ2) is 9.72. The second-order valence-corrected chi connectivity index (χ2v) is 6.87. The molecule has 0 bridgehead atoms. The van der Waals surface area contributed by atoms with Gasteiger partial charge in [0.15, 0.2) is 18.1 Å². The molecule has 13 heteroatoms. The molecule has 9 nitrogen and oxygen atoms in total. The monoisotopic (exact) mass is 493 g/mol. The molecule has 0 amide bonds. The number of hydrogen-bond acceptors (Lipinski definition) is 7. The number of rotatable bonds is 6. The van der Waals surface area contributed by atoms with Crippen LogP contribution in [0.15, 0.2) is 52.1 Å². The van der Waals surface area contributed by atoms with Crippen LogP contribution in [0.3, 0.4) is 0 Å². The topological polar surface area (TPSA) is 113 Å². The number of hydrogen-bond donors (Lipinski definition) is 0. The van der Waals surface area contributed by atoms with Crippen molar-refractivity contribution >= 4 is 5.97 Å². The summed E-state index contributed by atoms with van der Waals surface area (Å²) in [5.74, 6) is -2.26. The molecular weight excluding hydrogens is 478 g/mol. The van der Waals surface area contributed by atoms with Gasteiger partial charge in [0.25, 0.3) is 5.56 Å². The molecular formula is C22H15F4N3O6. The third kappa shape index (κ3) is 5.16. The first-order chi connectivity index (χ1) is 16.5. The predicted molar refractivity (Wildman–Crippen MR) is 111 cm³/mol. The molecule has 1 aromatic heterocycles. The number of methoxy groups -OCH3 is 1. The molecule has 0 aliphatic carbocycles. The van der Waals surface area contributed by atoms with Crippen molar-refractivity contribution < 1.29 is 36.6 Å². The van der Waals surface area contributed by atoms with Gasteiger partial charge in [0.1, 0.15) is 23.3 Å². The normalized spacial score (nSPS) is 11.0. The maximum absolute atomic E-state index is 14.8. The number of nitriles is 1. The second-order valence-electron chi connectivity index (χ2n) is 6.87. The molecule has 0 atom stereocenters. The van der Waals surface area contributed by atoms with Crippen molar-refractivity contribution in [2.75, 3.05) is 13.7 Å². The standard InChI is InChI=1S/C22H15F4N3O6/c1-28-18(22(24,25)26)9-19(30)29(21(28)32)14-8-17(12(10-27)7-13(14)23)35-16-6-4-3-5-15(16)34-11-20(31)33-2/h3-9H,11H2,1-2H3. The Balaban J connectivity index is 2.13. The molecule has 3 aromatic rings. The van der Waals surface area contributed by atoms with Crippen LogP contribution in [0, 0.1) is 17.1 Å². The Morgan fingerprint density at radius 1 is 1.09 bits per heavy atom. The highest BCUT2D eigenvalue weighted by atomic mass is 19.4. The Morgan fingerprint density at radius 3 is 2.34 bits per heavy atom. The number of alkyl halides is 3. The number of nitrogens with zero attached hydrogens (tertiary/aromatic N) is 3. The fourth-order valence-corrected chi connectivity index (χ4v) is 2.97. The summed E-state index contributed by atoms with van der Waals surface area (Å²) in [5.41, 5.74) is -5.54. The lowest BCUT2D eigenvalue weighted by atomic mass is 10.1. The predicted octanol–water partition coefficient (Wildman–Crippen LogP) is 2.91. The molecule has 0 aliphatic heterocycles. The van der Waals surface area contributed by atoms with Crippen LogP contribution in [0.2, 0.25) is 0 Å². The quantitative estimate of drug-likeness (QED) is 0.383. The van der Waals surface area contributed by atoms with Crippen LogP contribution < -0.4 is 20.7 Å². The highest BCUT2D eigenvalue weighted by Gasteiger charge is 2.35. The Hall–Kier alpha value is -4.60. The summed E-state index contributed by atoms with van der Waals surface area (Å²) in [4.78, 5) is 36.3. The summed E-state index contributed by atoms with van der Waals surface area (Å²) in [6.45, 7) is -0.479. The highest BCUT2D eigenvalue weighted by molar-refractivity contribution is 5.71. The van der Waals surface area contributed by atoms with Crippen LogP contribution in [0.4, 0.5) is 17.6 Å². The lowest BCUT2D eigenvalue weighted by Crippen LogP contribution is -2.41. The minimum Gasteiger partial charge on any atom is -0.478 e. The van der Waals surface area contributed by atoms with E-state index in [4.69, 9.17) is 9.47 Å². The lowest BCUT2D eigenvalue weighted by molar-refractivity contribution is -0.144. The Bertz CT molecular complexity index is 1450. The molecule has 35 heavy (non-hydrogen) atoms. The lowest BCUT2D eigenvalue weighted by Gasteiger charge is -2.16. The molecule has 0 saturated carbocycles. The average Bonchev–Trinajstić information content (AvgIpc) is 2.81. The van der Waals surface area contributed by atoms with Gasteiger partial charge in [0.2, 0.25) is 0 Å². The van der Waals surface area contributed by atoms with E-state index in [2.05, 4.69) is 4.74 Å². The van der Waals surface area contributed by atoms with Gasteiger partial charge >= 0.3 is 17.8 Å². The first kappa shape index (κ1) is 25.0.